The molecule has 0 aromatic heterocycles. The molecular formula is C17H19NO6S. The van der Waals surface area contributed by atoms with Crippen molar-refractivity contribution >= 4 is 21.7 Å². The van der Waals surface area contributed by atoms with Crippen LogP contribution in [0, 0.1) is 0 Å². The minimum Gasteiger partial charge on any atom is -0.497 e. The Balaban J connectivity index is 2.55. The van der Waals surface area contributed by atoms with Gasteiger partial charge in [-0.25, -0.2) is 8.42 Å². The number of rotatable bonds is 7. The Bertz CT molecular complexity index is 832. The molecular weight excluding hydrogens is 346 g/mol. The van der Waals surface area contributed by atoms with Gasteiger partial charge in [0.25, 0.3) is 10.0 Å². The van der Waals surface area contributed by atoms with Crippen LogP contribution in [0.1, 0.15) is 0 Å². The molecule has 0 radical (unpaired) electrons. The normalized spacial score (nSPS) is 10.8. The van der Waals surface area contributed by atoms with E-state index in [9.17, 15) is 13.2 Å². The zero-order valence-electron chi connectivity index (χ0n) is 14.1. The van der Waals surface area contributed by atoms with E-state index in [2.05, 4.69) is 4.74 Å². The van der Waals surface area contributed by atoms with Gasteiger partial charge in [-0.05, 0) is 36.4 Å². The van der Waals surface area contributed by atoms with E-state index in [0.717, 1.165) is 4.31 Å². The van der Waals surface area contributed by atoms with Crippen molar-refractivity contribution in [3.8, 4) is 11.5 Å². The fourth-order valence-corrected chi connectivity index (χ4v) is 3.61. The van der Waals surface area contributed by atoms with E-state index in [1.54, 1.807) is 24.3 Å². The molecule has 2 aromatic carbocycles. The van der Waals surface area contributed by atoms with Gasteiger partial charge >= 0.3 is 5.97 Å². The average molecular weight is 365 g/mol. The van der Waals surface area contributed by atoms with Crippen LogP contribution in [0.2, 0.25) is 0 Å². The van der Waals surface area contributed by atoms with Crippen molar-refractivity contribution < 1.29 is 27.4 Å². The smallest absolute Gasteiger partial charge is 0.326 e. The SMILES string of the molecule is COC(=O)CN(c1ccccc1OC)S(=O)(=O)c1ccc(OC)cc1. The topological polar surface area (TPSA) is 82.1 Å². The zero-order valence-corrected chi connectivity index (χ0v) is 14.9. The van der Waals surface area contributed by atoms with E-state index in [4.69, 9.17) is 9.47 Å². The van der Waals surface area contributed by atoms with Gasteiger partial charge < -0.3 is 14.2 Å². The number of ether oxygens (including phenoxy) is 3. The third-order valence-corrected chi connectivity index (χ3v) is 5.28. The van der Waals surface area contributed by atoms with E-state index < -0.39 is 22.5 Å². The molecule has 2 aromatic rings. The van der Waals surface area contributed by atoms with Gasteiger partial charge in [-0.2, -0.15) is 0 Å². The second-order valence-corrected chi connectivity index (χ2v) is 6.80. The van der Waals surface area contributed by atoms with Gasteiger partial charge in [-0.1, -0.05) is 12.1 Å². The van der Waals surface area contributed by atoms with Crippen molar-refractivity contribution in [3.63, 3.8) is 0 Å². The van der Waals surface area contributed by atoms with Gasteiger partial charge in [0.05, 0.1) is 31.9 Å². The standard InChI is InChI=1S/C17H19NO6S/c1-22-13-8-10-14(11-9-13)25(20,21)18(12-17(19)24-3)15-6-4-5-7-16(15)23-2/h4-11H,12H2,1-3H3. The molecule has 0 bridgehead atoms. The van der Waals surface area contributed by atoms with E-state index in [1.165, 1.54) is 45.6 Å². The van der Waals surface area contributed by atoms with Gasteiger partial charge in [0.2, 0.25) is 0 Å². The first-order valence-corrected chi connectivity index (χ1v) is 8.74. The number of anilines is 1. The summed E-state index contributed by atoms with van der Waals surface area (Å²) in [5.41, 5.74) is 0.242. The third-order valence-electron chi connectivity index (χ3n) is 3.50. The number of nitrogens with zero attached hydrogens (tertiary/aromatic N) is 1. The lowest BCUT2D eigenvalue weighted by atomic mass is 10.3. The van der Waals surface area contributed by atoms with Gasteiger partial charge in [-0.3, -0.25) is 9.10 Å². The first-order chi connectivity index (χ1) is 11.9. The highest BCUT2D eigenvalue weighted by Gasteiger charge is 2.29. The number of carbonyl (C=O) groups excluding carboxylic acids is 1. The van der Waals surface area contributed by atoms with Crippen molar-refractivity contribution in [1.82, 2.24) is 0 Å². The van der Waals surface area contributed by atoms with Crippen molar-refractivity contribution in [2.75, 3.05) is 32.2 Å². The van der Waals surface area contributed by atoms with Crippen LogP contribution in [0.4, 0.5) is 5.69 Å². The Kier molecular flexibility index (Phi) is 5.87. The Morgan fingerprint density at radius 3 is 2.16 bits per heavy atom. The number of esters is 1. The van der Waals surface area contributed by atoms with Gasteiger partial charge in [0.1, 0.15) is 18.0 Å². The molecule has 0 unspecified atom stereocenters. The summed E-state index contributed by atoms with van der Waals surface area (Å²) in [4.78, 5) is 11.8. The molecule has 0 aliphatic heterocycles. The van der Waals surface area contributed by atoms with Crippen LogP contribution in [0.3, 0.4) is 0 Å². The van der Waals surface area contributed by atoms with Crippen molar-refractivity contribution in [2.24, 2.45) is 0 Å². The highest BCUT2D eigenvalue weighted by Crippen LogP contribution is 2.32. The van der Waals surface area contributed by atoms with E-state index in [0.29, 0.717) is 11.5 Å². The molecule has 0 N–H and O–H groups in total. The number of carbonyl (C=O) groups is 1. The van der Waals surface area contributed by atoms with Crippen LogP contribution in [-0.4, -0.2) is 42.3 Å². The van der Waals surface area contributed by atoms with E-state index in [1.807, 2.05) is 0 Å². The molecule has 0 fully saturated rings. The summed E-state index contributed by atoms with van der Waals surface area (Å²) < 4.78 is 42.0. The number of methoxy groups -OCH3 is 3. The maximum absolute atomic E-state index is 13.1. The number of hydrogen-bond acceptors (Lipinski definition) is 6. The highest BCUT2D eigenvalue weighted by molar-refractivity contribution is 7.92. The van der Waals surface area contributed by atoms with Gasteiger partial charge in [0.15, 0.2) is 0 Å². The Morgan fingerprint density at radius 2 is 1.60 bits per heavy atom. The maximum atomic E-state index is 13.1. The molecule has 0 aliphatic rings. The number of benzene rings is 2. The molecule has 8 heteroatoms. The molecule has 0 atom stereocenters. The van der Waals surface area contributed by atoms with Crippen LogP contribution in [0.15, 0.2) is 53.4 Å². The lowest BCUT2D eigenvalue weighted by molar-refractivity contribution is -0.138. The maximum Gasteiger partial charge on any atom is 0.326 e. The average Bonchev–Trinajstić information content (AvgIpc) is 2.65. The molecule has 25 heavy (non-hydrogen) atoms. The third kappa shape index (κ3) is 4.03. The summed E-state index contributed by atoms with van der Waals surface area (Å²) in [6.07, 6.45) is 0. The van der Waals surface area contributed by atoms with Crippen LogP contribution in [0.25, 0.3) is 0 Å². The molecule has 0 spiro atoms. The summed E-state index contributed by atoms with van der Waals surface area (Å²) in [6, 6.07) is 12.4. The summed E-state index contributed by atoms with van der Waals surface area (Å²) in [6.45, 7) is -0.481. The predicted octanol–water partition coefficient (Wildman–Crippen LogP) is 2.07. The summed E-state index contributed by atoms with van der Waals surface area (Å²) >= 11 is 0. The van der Waals surface area contributed by atoms with Gasteiger partial charge in [0, 0.05) is 0 Å². The van der Waals surface area contributed by atoms with Crippen LogP contribution in [0.5, 0.6) is 11.5 Å². The fraction of sp³-hybridized carbons (Fsp3) is 0.235. The Labute approximate surface area is 146 Å². The van der Waals surface area contributed by atoms with Crippen molar-refractivity contribution in [3.05, 3.63) is 48.5 Å². The molecule has 0 saturated carbocycles. The number of sulfonamides is 1. The molecule has 0 amide bonds. The second kappa shape index (κ2) is 7.89. The van der Waals surface area contributed by atoms with Crippen LogP contribution >= 0.6 is 0 Å². The van der Waals surface area contributed by atoms with Gasteiger partial charge in [-0.15, -0.1) is 0 Å². The van der Waals surface area contributed by atoms with Crippen LogP contribution in [-0.2, 0) is 19.6 Å². The van der Waals surface area contributed by atoms with E-state index in [-0.39, 0.29) is 10.6 Å². The second-order valence-electron chi connectivity index (χ2n) is 4.94. The lowest BCUT2D eigenvalue weighted by Gasteiger charge is -2.25. The summed E-state index contributed by atoms with van der Waals surface area (Å²) in [5, 5.41) is 0. The molecule has 7 nitrogen and oxygen atoms in total. The monoisotopic (exact) mass is 365 g/mol. The quantitative estimate of drug-likeness (QED) is 0.699. The summed E-state index contributed by atoms with van der Waals surface area (Å²) in [5.74, 6) is 0.155. The lowest BCUT2D eigenvalue weighted by Crippen LogP contribution is -2.36. The van der Waals surface area contributed by atoms with Crippen LogP contribution < -0.4 is 13.8 Å². The minimum absolute atomic E-state index is 0.0168. The summed E-state index contributed by atoms with van der Waals surface area (Å²) in [7, 11) is 0.0910. The fourth-order valence-electron chi connectivity index (χ4n) is 2.19. The molecule has 0 aliphatic carbocycles. The largest absolute Gasteiger partial charge is 0.497 e. The first-order valence-electron chi connectivity index (χ1n) is 7.30. The molecule has 134 valence electrons. The Hall–Kier alpha value is -2.74. The van der Waals surface area contributed by atoms with Crippen molar-refractivity contribution in [1.29, 1.82) is 0 Å². The zero-order chi connectivity index (χ0) is 18.4. The van der Waals surface area contributed by atoms with Crippen molar-refractivity contribution in [2.45, 2.75) is 4.90 Å². The predicted molar refractivity (Wildman–Crippen MR) is 92.5 cm³/mol. The highest BCUT2D eigenvalue weighted by atomic mass is 32.2. The molecule has 0 heterocycles. The number of para-hydroxylation sites is 2. The van der Waals surface area contributed by atoms with E-state index >= 15 is 0 Å². The molecule has 2 rings (SSSR count). The number of hydrogen-bond donors (Lipinski definition) is 0. The first kappa shape index (κ1) is 18.6. The Morgan fingerprint density at radius 1 is 0.960 bits per heavy atom. The minimum atomic E-state index is -4.02. The molecule has 0 saturated heterocycles.